The van der Waals surface area contributed by atoms with Crippen molar-refractivity contribution in [3.05, 3.63) is 101 Å². The van der Waals surface area contributed by atoms with Crippen LogP contribution in [-0.2, 0) is 0 Å². The molecule has 2 N–H and O–H groups in total. The van der Waals surface area contributed by atoms with E-state index in [1.165, 1.54) is 0 Å². The molecule has 2 aromatic heterocycles. The van der Waals surface area contributed by atoms with Gasteiger partial charge in [-0.15, -0.1) is 0 Å². The van der Waals surface area contributed by atoms with Crippen molar-refractivity contribution < 1.29 is 0 Å². The van der Waals surface area contributed by atoms with Gasteiger partial charge in [0.05, 0.1) is 11.4 Å². The van der Waals surface area contributed by atoms with Gasteiger partial charge in [-0.3, -0.25) is 9.78 Å². The molecule has 0 saturated carbocycles. The quantitative estimate of drug-likeness (QED) is 0.460. The molecule has 5 aromatic rings. The van der Waals surface area contributed by atoms with Gasteiger partial charge in [-0.05, 0) is 12.1 Å². The van der Waals surface area contributed by atoms with Crippen LogP contribution in [-0.4, -0.2) is 19.9 Å². The summed E-state index contributed by atoms with van der Waals surface area (Å²) in [4.78, 5) is 29.5. The number of hydrogen-bond donors (Lipinski definition) is 2. The average Bonchev–Trinajstić information content (AvgIpc) is 2.80. The minimum atomic E-state index is -0.345. The fraction of sp³-hybridized carbons (Fsp3) is 0. The highest BCUT2D eigenvalue weighted by Crippen LogP contribution is 2.29. The molecule has 3 aromatic carbocycles. The molecule has 6 nitrogen and oxygen atoms in total. The SMILES string of the molecule is O=c1[nH]c(Nc2ccccc2)nc2nc(-c3ccccc3)c(-c3ccccc3)nc12. The molecular formula is C24H17N5O. The van der Waals surface area contributed by atoms with Crippen molar-refractivity contribution in [1.82, 2.24) is 19.9 Å². The maximum atomic E-state index is 12.8. The van der Waals surface area contributed by atoms with Gasteiger partial charge in [0.1, 0.15) is 0 Å². The summed E-state index contributed by atoms with van der Waals surface area (Å²) in [6.45, 7) is 0. The Bertz CT molecular complexity index is 1370. The van der Waals surface area contributed by atoms with E-state index in [-0.39, 0.29) is 16.7 Å². The number of para-hydroxylation sites is 1. The van der Waals surface area contributed by atoms with Gasteiger partial charge in [0, 0.05) is 16.8 Å². The van der Waals surface area contributed by atoms with Crippen LogP contribution < -0.4 is 10.9 Å². The molecule has 144 valence electrons. The Morgan fingerprint density at radius 1 is 0.633 bits per heavy atom. The fourth-order valence-corrected chi connectivity index (χ4v) is 3.27. The molecule has 6 heteroatoms. The van der Waals surface area contributed by atoms with Crippen LogP contribution in [0.1, 0.15) is 0 Å². The lowest BCUT2D eigenvalue weighted by atomic mass is 10.0. The van der Waals surface area contributed by atoms with Gasteiger partial charge in [-0.1, -0.05) is 78.9 Å². The minimum Gasteiger partial charge on any atom is -0.326 e. The van der Waals surface area contributed by atoms with Crippen LogP contribution >= 0.6 is 0 Å². The monoisotopic (exact) mass is 391 g/mol. The molecule has 0 radical (unpaired) electrons. The van der Waals surface area contributed by atoms with E-state index in [1.54, 1.807) is 0 Å². The van der Waals surface area contributed by atoms with E-state index in [1.807, 2.05) is 91.0 Å². The molecule has 0 fully saturated rings. The highest BCUT2D eigenvalue weighted by atomic mass is 16.1. The lowest BCUT2D eigenvalue weighted by Crippen LogP contribution is -2.14. The zero-order valence-electron chi connectivity index (χ0n) is 15.9. The molecule has 0 aliphatic rings. The Hall–Kier alpha value is -4.32. The number of aromatic nitrogens is 4. The number of fused-ring (bicyclic) bond motifs is 1. The summed E-state index contributed by atoms with van der Waals surface area (Å²) in [5.74, 6) is 0.319. The van der Waals surface area contributed by atoms with Gasteiger partial charge in [-0.25, -0.2) is 9.97 Å². The summed E-state index contributed by atoms with van der Waals surface area (Å²) in [6.07, 6.45) is 0. The van der Waals surface area contributed by atoms with Crippen LogP contribution in [0.25, 0.3) is 33.7 Å². The molecule has 0 bridgehead atoms. The summed E-state index contributed by atoms with van der Waals surface area (Å²) >= 11 is 0. The first-order chi connectivity index (χ1) is 14.8. The Morgan fingerprint density at radius 2 is 1.17 bits per heavy atom. The number of H-pyrrole nitrogens is 1. The number of nitrogens with one attached hydrogen (secondary N) is 2. The average molecular weight is 391 g/mol. The van der Waals surface area contributed by atoms with Gasteiger partial charge in [0.25, 0.3) is 5.56 Å². The van der Waals surface area contributed by atoms with E-state index in [0.717, 1.165) is 16.8 Å². The maximum Gasteiger partial charge on any atom is 0.280 e. The van der Waals surface area contributed by atoms with Gasteiger partial charge < -0.3 is 5.32 Å². The van der Waals surface area contributed by atoms with Crippen LogP contribution in [0.2, 0.25) is 0 Å². The van der Waals surface area contributed by atoms with Gasteiger partial charge in [-0.2, -0.15) is 4.98 Å². The predicted molar refractivity (Wildman–Crippen MR) is 119 cm³/mol. The van der Waals surface area contributed by atoms with Crippen molar-refractivity contribution in [2.24, 2.45) is 0 Å². The summed E-state index contributed by atoms with van der Waals surface area (Å²) in [6, 6.07) is 29.0. The van der Waals surface area contributed by atoms with Gasteiger partial charge >= 0.3 is 0 Å². The van der Waals surface area contributed by atoms with Crippen LogP contribution in [0.4, 0.5) is 11.6 Å². The summed E-state index contributed by atoms with van der Waals surface area (Å²) in [5.41, 5.74) is 4.08. The molecule has 0 aliphatic carbocycles. The highest BCUT2D eigenvalue weighted by Gasteiger charge is 2.16. The predicted octanol–water partition coefficient (Wildman–Crippen LogP) is 4.79. The summed E-state index contributed by atoms with van der Waals surface area (Å²) < 4.78 is 0. The zero-order chi connectivity index (χ0) is 20.3. The molecule has 2 heterocycles. The second-order valence-electron chi connectivity index (χ2n) is 6.73. The summed E-state index contributed by atoms with van der Waals surface area (Å²) in [5, 5.41) is 3.11. The van der Waals surface area contributed by atoms with E-state index in [9.17, 15) is 4.79 Å². The van der Waals surface area contributed by atoms with Crippen LogP contribution in [0.3, 0.4) is 0 Å². The standard InChI is InChI=1S/C24H17N5O/c30-23-21-22(28-24(29-23)25-18-14-8-3-9-15-18)27-20(17-12-6-2-7-13-17)19(26-21)16-10-4-1-5-11-16/h1-15H,(H2,25,27,28,29,30). The van der Waals surface area contributed by atoms with Crippen LogP contribution in [0, 0.1) is 0 Å². The highest BCUT2D eigenvalue weighted by molar-refractivity contribution is 5.84. The van der Waals surface area contributed by atoms with Crippen molar-refractivity contribution >= 4 is 22.8 Å². The molecule has 5 rings (SSSR count). The largest absolute Gasteiger partial charge is 0.326 e. The first kappa shape index (κ1) is 17.8. The van der Waals surface area contributed by atoms with Crippen molar-refractivity contribution in [2.45, 2.75) is 0 Å². The third-order valence-electron chi connectivity index (χ3n) is 4.67. The Balaban J connectivity index is 1.71. The summed E-state index contributed by atoms with van der Waals surface area (Å²) in [7, 11) is 0. The van der Waals surface area contributed by atoms with E-state index in [4.69, 9.17) is 4.98 Å². The maximum absolute atomic E-state index is 12.8. The van der Waals surface area contributed by atoms with Gasteiger partial charge in [0.15, 0.2) is 11.2 Å². The van der Waals surface area contributed by atoms with Crippen LogP contribution in [0.5, 0.6) is 0 Å². The number of hydrogen-bond acceptors (Lipinski definition) is 5. The fourth-order valence-electron chi connectivity index (χ4n) is 3.27. The van der Waals surface area contributed by atoms with E-state index in [2.05, 4.69) is 20.3 Å². The Kier molecular flexibility index (Phi) is 4.50. The second-order valence-corrected chi connectivity index (χ2v) is 6.73. The topological polar surface area (TPSA) is 83.6 Å². The molecule has 0 spiro atoms. The van der Waals surface area contributed by atoms with Crippen molar-refractivity contribution in [3.8, 4) is 22.5 Å². The lowest BCUT2D eigenvalue weighted by molar-refractivity contribution is 1.12. The number of benzene rings is 3. The molecule has 0 atom stereocenters. The molecule has 30 heavy (non-hydrogen) atoms. The third-order valence-corrected chi connectivity index (χ3v) is 4.67. The molecule has 0 saturated heterocycles. The van der Waals surface area contributed by atoms with Crippen molar-refractivity contribution in [3.63, 3.8) is 0 Å². The number of rotatable bonds is 4. The number of nitrogens with zero attached hydrogens (tertiary/aromatic N) is 3. The normalized spacial score (nSPS) is 10.8. The first-order valence-corrected chi connectivity index (χ1v) is 9.53. The minimum absolute atomic E-state index is 0.201. The molecule has 0 amide bonds. The van der Waals surface area contributed by atoms with E-state index >= 15 is 0 Å². The smallest absolute Gasteiger partial charge is 0.280 e. The van der Waals surface area contributed by atoms with Crippen LogP contribution in [0.15, 0.2) is 95.8 Å². The molecular weight excluding hydrogens is 374 g/mol. The molecule has 0 aliphatic heterocycles. The van der Waals surface area contributed by atoms with E-state index in [0.29, 0.717) is 17.3 Å². The third kappa shape index (κ3) is 3.42. The lowest BCUT2D eigenvalue weighted by Gasteiger charge is -2.11. The molecule has 0 unspecified atom stereocenters. The van der Waals surface area contributed by atoms with E-state index < -0.39 is 0 Å². The number of anilines is 2. The second kappa shape index (κ2) is 7.60. The van der Waals surface area contributed by atoms with Gasteiger partial charge in [0.2, 0.25) is 5.95 Å². The number of aromatic amines is 1. The Morgan fingerprint density at radius 3 is 1.77 bits per heavy atom. The Labute approximate surface area is 172 Å². The zero-order valence-corrected chi connectivity index (χ0v) is 15.9. The van der Waals surface area contributed by atoms with Crippen molar-refractivity contribution in [1.29, 1.82) is 0 Å². The first-order valence-electron chi connectivity index (χ1n) is 9.53. The van der Waals surface area contributed by atoms with Crippen molar-refractivity contribution in [2.75, 3.05) is 5.32 Å².